The van der Waals surface area contributed by atoms with Gasteiger partial charge in [-0.2, -0.15) is 0 Å². The molecular formula is C15H19N3O4S. The largest absolute Gasteiger partial charge is 0.465 e. The third kappa shape index (κ3) is 3.37. The van der Waals surface area contributed by atoms with E-state index in [0.717, 1.165) is 4.88 Å². The fourth-order valence-electron chi connectivity index (χ4n) is 2.66. The summed E-state index contributed by atoms with van der Waals surface area (Å²) in [5.41, 5.74) is 0. The highest BCUT2D eigenvalue weighted by molar-refractivity contribution is 7.10. The van der Waals surface area contributed by atoms with Crippen molar-refractivity contribution in [1.82, 2.24) is 10.2 Å². The predicted octanol–water partition coefficient (Wildman–Crippen LogP) is 0.787. The number of morpholine rings is 1. The number of hydrogen-bond donors (Lipinski definition) is 1. The molecule has 23 heavy (non-hydrogen) atoms. The topological polar surface area (TPSA) is 80.2 Å². The number of esters is 1. The van der Waals surface area contributed by atoms with Gasteiger partial charge in [-0.3, -0.25) is 14.9 Å². The van der Waals surface area contributed by atoms with Gasteiger partial charge in [0, 0.05) is 18.0 Å². The molecule has 1 fully saturated rings. The molecule has 0 aliphatic carbocycles. The Morgan fingerprint density at radius 3 is 2.96 bits per heavy atom. The summed E-state index contributed by atoms with van der Waals surface area (Å²) in [5.74, 6) is -1.33. The summed E-state index contributed by atoms with van der Waals surface area (Å²) in [6.45, 7) is 4.49. The summed E-state index contributed by atoms with van der Waals surface area (Å²) in [6.07, 6.45) is 0. The van der Waals surface area contributed by atoms with Gasteiger partial charge < -0.3 is 14.4 Å². The fraction of sp³-hybridized carbons (Fsp3) is 0.533. The molecule has 3 rings (SSSR count). The fourth-order valence-corrected chi connectivity index (χ4v) is 3.46. The molecule has 1 amide bonds. The van der Waals surface area contributed by atoms with E-state index in [4.69, 9.17) is 9.47 Å². The van der Waals surface area contributed by atoms with Crippen molar-refractivity contribution < 1.29 is 19.1 Å². The van der Waals surface area contributed by atoms with E-state index in [-0.39, 0.29) is 12.5 Å². The number of hydrogen-bond acceptors (Lipinski definition) is 7. The standard InChI is InChI=1S/C15H19N3O4S/c1-2-22-14(20)11-12(10-4-3-9-23-10)16-15(17-13(11)19)18-5-7-21-8-6-18/h3-4,9,11-12H,2,5-8H2,1H3,(H,16,17,19)/t11-,12+/m0/s1. The van der Waals surface area contributed by atoms with Crippen LogP contribution in [-0.2, 0) is 19.1 Å². The van der Waals surface area contributed by atoms with Crippen LogP contribution in [0.25, 0.3) is 0 Å². The van der Waals surface area contributed by atoms with Crippen LogP contribution >= 0.6 is 11.3 Å². The van der Waals surface area contributed by atoms with Gasteiger partial charge >= 0.3 is 5.97 Å². The van der Waals surface area contributed by atoms with Crippen molar-refractivity contribution in [2.75, 3.05) is 32.9 Å². The quantitative estimate of drug-likeness (QED) is 0.651. The van der Waals surface area contributed by atoms with Crippen molar-refractivity contribution in [2.24, 2.45) is 10.9 Å². The SMILES string of the molecule is CCOC(=O)[C@@H]1C(=O)NC(N2CCOCC2)=N[C@@H]1c1cccs1. The first-order chi connectivity index (χ1) is 11.2. The maximum absolute atomic E-state index is 12.5. The van der Waals surface area contributed by atoms with Crippen molar-refractivity contribution in [2.45, 2.75) is 13.0 Å². The van der Waals surface area contributed by atoms with Gasteiger partial charge in [-0.1, -0.05) is 6.07 Å². The van der Waals surface area contributed by atoms with E-state index in [1.807, 2.05) is 22.4 Å². The Balaban J connectivity index is 1.91. The summed E-state index contributed by atoms with van der Waals surface area (Å²) < 4.78 is 10.4. The molecule has 0 unspecified atom stereocenters. The molecular weight excluding hydrogens is 318 g/mol. The summed E-state index contributed by atoms with van der Waals surface area (Å²) in [7, 11) is 0. The van der Waals surface area contributed by atoms with Crippen molar-refractivity contribution in [3.8, 4) is 0 Å². The van der Waals surface area contributed by atoms with Crippen LogP contribution in [0.4, 0.5) is 0 Å². The summed E-state index contributed by atoms with van der Waals surface area (Å²) in [5, 5.41) is 4.66. The van der Waals surface area contributed by atoms with E-state index < -0.39 is 17.9 Å². The van der Waals surface area contributed by atoms with Crippen molar-refractivity contribution in [3.63, 3.8) is 0 Å². The summed E-state index contributed by atoms with van der Waals surface area (Å²) >= 11 is 1.48. The third-order valence-electron chi connectivity index (χ3n) is 3.78. The number of guanidine groups is 1. The first-order valence-electron chi connectivity index (χ1n) is 7.62. The average molecular weight is 337 g/mol. The Morgan fingerprint density at radius 1 is 1.52 bits per heavy atom. The Bertz CT molecular complexity index is 596. The summed E-state index contributed by atoms with van der Waals surface area (Å²) in [6, 6.07) is 3.24. The maximum Gasteiger partial charge on any atom is 0.321 e. The Kier molecular flexibility index (Phi) is 4.92. The van der Waals surface area contributed by atoms with E-state index in [2.05, 4.69) is 10.3 Å². The van der Waals surface area contributed by atoms with E-state index in [9.17, 15) is 9.59 Å². The van der Waals surface area contributed by atoms with Gasteiger partial charge in [-0.15, -0.1) is 11.3 Å². The lowest BCUT2D eigenvalue weighted by molar-refractivity contribution is -0.153. The lowest BCUT2D eigenvalue weighted by Gasteiger charge is -2.34. The second kappa shape index (κ2) is 7.10. The minimum absolute atomic E-state index is 0.236. The molecule has 8 heteroatoms. The summed E-state index contributed by atoms with van der Waals surface area (Å²) in [4.78, 5) is 32.2. The van der Waals surface area contributed by atoms with Crippen LogP contribution in [0.3, 0.4) is 0 Å². The number of nitrogens with zero attached hydrogens (tertiary/aromatic N) is 2. The molecule has 0 spiro atoms. The molecule has 1 saturated heterocycles. The van der Waals surface area contributed by atoms with Crippen LogP contribution in [-0.4, -0.2) is 55.6 Å². The molecule has 2 aliphatic rings. The van der Waals surface area contributed by atoms with Gasteiger partial charge in [0.1, 0.15) is 6.04 Å². The van der Waals surface area contributed by atoms with E-state index >= 15 is 0 Å². The minimum atomic E-state index is -0.946. The molecule has 124 valence electrons. The molecule has 0 aromatic carbocycles. The molecule has 7 nitrogen and oxygen atoms in total. The number of nitrogens with one attached hydrogen (secondary N) is 1. The number of amides is 1. The number of thiophene rings is 1. The van der Waals surface area contributed by atoms with Crippen LogP contribution < -0.4 is 5.32 Å². The van der Waals surface area contributed by atoms with Crippen molar-refractivity contribution in [1.29, 1.82) is 0 Å². The number of carbonyl (C=O) groups is 2. The lowest BCUT2D eigenvalue weighted by Crippen LogP contribution is -2.55. The van der Waals surface area contributed by atoms with Crippen LogP contribution in [0.15, 0.2) is 22.5 Å². The van der Waals surface area contributed by atoms with Crippen LogP contribution in [0.2, 0.25) is 0 Å². The number of rotatable bonds is 3. The Morgan fingerprint density at radius 2 is 2.30 bits per heavy atom. The molecule has 0 bridgehead atoms. The van der Waals surface area contributed by atoms with E-state index in [1.165, 1.54) is 11.3 Å². The first kappa shape index (κ1) is 15.9. The van der Waals surface area contributed by atoms with E-state index in [0.29, 0.717) is 32.3 Å². The van der Waals surface area contributed by atoms with Gasteiger partial charge in [-0.05, 0) is 18.4 Å². The number of aliphatic imine (C=N–C) groups is 1. The zero-order valence-corrected chi connectivity index (χ0v) is 13.7. The highest BCUT2D eigenvalue weighted by Gasteiger charge is 2.42. The smallest absolute Gasteiger partial charge is 0.321 e. The third-order valence-corrected chi connectivity index (χ3v) is 4.72. The van der Waals surface area contributed by atoms with Crippen LogP contribution in [0.1, 0.15) is 17.8 Å². The molecule has 0 saturated carbocycles. The number of carbonyl (C=O) groups excluding carboxylic acids is 2. The Labute approximate surface area is 138 Å². The van der Waals surface area contributed by atoms with Gasteiger partial charge in [0.2, 0.25) is 11.9 Å². The average Bonchev–Trinajstić information content (AvgIpc) is 3.09. The number of ether oxygens (including phenoxy) is 2. The van der Waals surface area contributed by atoms with Crippen LogP contribution in [0.5, 0.6) is 0 Å². The first-order valence-corrected chi connectivity index (χ1v) is 8.50. The molecule has 1 N–H and O–H groups in total. The zero-order chi connectivity index (χ0) is 16.2. The second-order valence-electron chi connectivity index (χ2n) is 5.23. The second-order valence-corrected chi connectivity index (χ2v) is 6.21. The van der Waals surface area contributed by atoms with Gasteiger partial charge in [0.15, 0.2) is 5.92 Å². The molecule has 3 heterocycles. The highest BCUT2D eigenvalue weighted by Crippen LogP contribution is 2.33. The maximum atomic E-state index is 12.5. The monoisotopic (exact) mass is 337 g/mol. The molecule has 1 aromatic heterocycles. The normalized spacial score (nSPS) is 24.8. The van der Waals surface area contributed by atoms with Gasteiger partial charge in [0.25, 0.3) is 0 Å². The predicted molar refractivity (Wildman–Crippen MR) is 85.2 cm³/mol. The Hall–Kier alpha value is -1.93. The molecule has 2 atom stereocenters. The zero-order valence-electron chi connectivity index (χ0n) is 12.9. The molecule has 2 aliphatic heterocycles. The highest BCUT2D eigenvalue weighted by atomic mass is 32.1. The van der Waals surface area contributed by atoms with E-state index in [1.54, 1.807) is 6.92 Å². The van der Waals surface area contributed by atoms with Gasteiger partial charge in [-0.25, -0.2) is 4.99 Å². The van der Waals surface area contributed by atoms with Crippen molar-refractivity contribution >= 4 is 29.2 Å². The van der Waals surface area contributed by atoms with Crippen LogP contribution in [0, 0.1) is 5.92 Å². The van der Waals surface area contributed by atoms with Gasteiger partial charge in [0.05, 0.1) is 19.8 Å². The molecule has 0 radical (unpaired) electrons. The lowest BCUT2D eigenvalue weighted by atomic mass is 9.96. The minimum Gasteiger partial charge on any atom is -0.465 e. The molecule has 1 aromatic rings. The van der Waals surface area contributed by atoms with Crippen molar-refractivity contribution in [3.05, 3.63) is 22.4 Å².